The summed E-state index contributed by atoms with van der Waals surface area (Å²) in [7, 11) is 0. The fourth-order valence-corrected chi connectivity index (χ4v) is 2.52. The lowest BCUT2D eigenvalue weighted by molar-refractivity contribution is -0.159. The normalized spacial score (nSPS) is 30.5. The lowest BCUT2D eigenvalue weighted by atomic mass is 9.82. The summed E-state index contributed by atoms with van der Waals surface area (Å²) in [4.78, 5) is 23.9. The molecule has 1 N–H and O–H groups in total. The van der Waals surface area contributed by atoms with Crippen LogP contribution in [0, 0.1) is 0 Å². The quantitative estimate of drug-likeness (QED) is 0.269. The van der Waals surface area contributed by atoms with Gasteiger partial charge in [0.1, 0.15) is 16.9 Å². The van der Waals surface area contributed by atoms with Gasteiger partial charge in [-0.3, -0.25) is 4.79 Å². The summed E-state index contributed by atoms with van der Waals surface area (Å²) in [5.74, 6) is -1.12. The van der Waals surface area contributed by atoms with Crippen LogP contribution in [0.2, 0.25) is 0 Å². The Hall–Kier alpha value is -1.58. The van der Waals surface area contributed by atoms with E-state index in [0.29, 0.717) is 19.3 Å². The largest absolute Gasteiger partial charge is 0.511 e. The van der Waals surface area contributed by atoms with Crippen molar-refractivity contribution in [3.8, 4) is 0 Å². The molecule has 0 aromatic rings. The van der Waals surface area contributed by atoms with Gasteiger partial charge >= 0.3 is 5.97 Å². The molecule has 0 aromatic heterocycles. The van der Waals surface area contributed by atoms with Crippen molar-refractivity contribution in [3.05, 3.63) is 23.5 Å². The molecule has 0 amide bonds. The molecule has 1 fully saturated rings. The van der Waals surface area contributed by atoms with Crippen LogP contribution in [0.5, 0.6) is 0 Å². The SMILES string of the molecule is CCCC(O)=C1C(=O)CC2(C=CCCC2)OC1=O. The highest BCUT2D eigenvalue weighted by Gasteiger charge is 2.44. The summed E-state index contributed by atoms with van der Waals surface area (Å²) in [6.07, 6.45) is 7.49. The van der Waals surface area contributed by atoms with Crippen LogP contribution >= 0.6 is 0 Å². The van der Waals surface area contributed by atoms with Crippen molar-refractivity contribution in [1.82, 2.24) is 0 Å². The summed E-state index contributed by atoms with van der Waals surface area (Å²) in [5.41, 5.74) is -0.913. The van der Waals surface area contributed by atoms with Crippen molar-refractivity contribution in [1.29, 1.82) is 0 Å². The van der Waals surface area contributed by atoms with Gasteiger partial charge in [0.05, 0.1) is 6.42 Å². The summed E-state index contributed by atoms with van der Waals surface area (Å²) in [5, 5.41) is 9.74. The Labute approximate surface area is 106 Å². The van der Waals surface area contributed by atoms with Crippen LogP contribution in [0.4, 0.5) is 0 Å². The van der Waals surface area contributed by atoms with Crippen LogP contribution in [0.1, 0.15) is 45.4 Å². The van der Waals surface area contributed by atoms with Crippen LogP contribution in [0.15, 0.2) is 23.5 Å². The Morgan fingerprint density at radius 2 is 2.28 bits per heavy atom. The fourth-order valence-electron chi connectivity index (χ4n) is 2.52. The van der Waals surface area contributed by atoms with Gasteiger partial charge in [-0.2, -0.15) is 0 Å². The summed E-state index contributed by atoms with van der Waals surface area (Å²) >= 11 is 0. The van der Waals surface area contributed by atoms with E-state index in [-0.39, 0.29) is 23.5 Å². The van der Waals surface area contributed by atoms with Crippen LogP contribution < -0.4 is 0 Å². The maximum absolute atomic E-state index is 12.0. The van der Waals surface area contributed by atoms with Gasteiger partial charge in [-0.1, -0.05) is 13.0 Å². The number of hydrogen-bond acceptors (Lipinski definition) is 4. The van der Waals surface area contributed by atoms with E-state index in [0.717, 1.165) is 12.8 Å². The third-order valence-corrected chi connectivity index (χ3v) is 3.41. The van der Waals surface area contributed by atoms with Gasteiger partial charge < -0.3 is 9.84 Å². The minimum atomic E-state index is -0.761. The number of esters is 1. The van der Waals surface area contributed by atoms with E-state index >= 15 is 0 Å². The van der Waals surface area contributed by atoms with E-state index in [4.69, 9.17) is 4.74 Å². The molecule has 0 saturated carbocycles. The van der Waals surface area contributed by atoms with Crippen molar-refractivity contribution in [2.45, 2.75) is 51.0 Å². The lowest BCUT2D eigenvalue weighted by Gasteiger charge is -2.36. The second-order valence-electron chi connectivity index (χ2n) is 4.92. The van der Waals surface area contributed by atoms with E-state index < -0.39 is 11.6 Å². The number of carbonyl (C=O) groups is 2. The zero-order valence-electron chi connectivity index (χ0n) is 10.6. The Morgan fingerprint density at radius 1 is 1.50 bits per heavy atom. The molecule has 98 valence electrons. The van der Waals surface area contributed by atoms with E-state index in [1.165, 1.54) is 0 Å². The molecule has 1 saturated heterocycles. The van der Waals surface area contributed by atoms with Crippen molar-refractivity contribution in [3.63, 3.8) is 0 Å². The fraction of sp³-hybridized carbons (Fsp3) is 0.571. The molecule has 1 atom stereocenters. The average Bonchev–Trinajstić information content (AvgIpc) is 2.28. The molecule has 4 nitrogen and oxygen atoms in total. The Morgan fingerprint density at radius 3 is 2.83 bits per heavy atom. The third-order valence-electron chi connectivity index (χ3n) is 3.41. The highest BCUT2D eigenvalue weighted by atomic mass is 16.6. The molecule has 0 bridgehead atoms. The van der Waals surface area contributed by atoms with E-state index in [1.54, 1.807) is 0 Å². The van der Waals surface area contributed by atoms with E-state index in [2.05, 4.69) is 0 Å². The summed E-state index contributed by atoms with van der Waals surface area (Å²) in [6, 6.07) is 0. The van der Waals surface area contributed by atoms with Crippen LogP contribution in [-0.4, -0.2) is 22.5 Å². The van der Waals surface area contributed by atoms with Gasteiger partial charge in [0.25, 0.3) is 0 Å². The first-order valence-electron chi connectivity index (χ1n) is 6.44. The Balaban J connectivity index is 2.26. The molecule has 1 heterocycles. The minimum Gasteiger partial charge on any atom is -0.511 e. The molecule has 1 aliphatic carbocycles. The van der Waals surface area contributed by atoms with Crippen LogP contribution in [-0.2, 0) is 14.3 Å². The first-order valence-corrected chi connectivity index (χ1v) is 6.44. The Bertz CT molecular complexity index is 411. The standard InChI is InChI=1S/C14H18O4/c1-2-6-10(15)12-11(16)9-14(18-13(12)17)7-4-3-5-8-14/h4,7,15H,2-3,5-6,8-9H2,1H3. The number of ketones is 1. The molecule has 0 aromatic carbocycles. The minimum absolute atomic E-state index is 0.137. The maximum atomic E-state index is 12.0. The molecular formula is C14H18O4. The number of Topliss-reactive ketones (excluding diaryl/α,β-unsaturated/α-hetero) is 1. The highest BCUT2D eigenvalue weighted by molar-refractivity contribution is 6.19. The third kappa shape index (κ3) is 2.33. The monoisotopic (exact) mass is 250 g/mol. The highest BCUT2D eigenvalue weighted by Crippen LogP contribution is 2.36. The van der Waals surface area contributed by atoms with Crippen LogP contribution in [0.3, 0.4) is 0 Å². The second kappa shape index (κ2) is 4.96. The summed E-state index contributed by atoms with van der Waals surface area (Å²) < 4.78 is 5.40. The van der Waals surface area contributed by atoms with Crippen LogP contribution in [0.25, 0.3) is 0 Å². The van der Waals surface area contributed by atoms with Gasteiger partial charge in [0.15, 0.2) is 5.78 Å². The Kier molecular flexibility index (Phi) is 3.55. The molecule has 1 spiro atoms. The number of aliphatic hydroxyl groups excluding tert-OH is 1. The number of hydrogen-bond donors (Lipinski definition) is 1. The summed E-state index contributed by atoms with van der Waals surface area (Å²) in [6.45, 7) is 1.88. The molecule has 1 unspecified atom stereocenters. The topological polar surface area (TPSA) is 63.6 Å². The predicted octanol–water partition coefficient (Wildman–Crippen LogP) is 2.59. The number of carbonyl (C=O) groups excluding carboxylic acids is 2. The molecule has 18 heavy (non-hydrogen) atoms. The molecule has 2 rings (SSSR count). The van der Waals surface area contributed by atoms with Crippen molar-refractivity contribution in [2.24, 2.45) is 0 Å². The van der Waals surface area contributed by atoms with Crippen molar-refractivity contribution in [2.75, 3.05) is 0 Å². The predicted molar refractivity (Wildman–Crippen MR) is 66.0 cm³/mol. The van der Waals surface area contributed by atoms with E-state index in [9.17, 15) is 14.7 Å². The number of ether oxygens (including phenoxy) is 1. The van der Waals surface area contributed by atoms with Crippen molar-refractivity contribution < 1.29 is 19.4 Å². The first-order chi connectivity index (χ1) is 8.58. The smallest absolute Gasteiger partial charge is 0.346 e. The van der Waals surface area contributed by atoms with Gasteiger partial charge in [-0.15, -0.1) is 0 Å². The lowest BCUT2D eigenvalue weighted by Crippen LogP contribution is -2.43. The maximum Gasteiger partial charge on any atom is 0.346 e. The molecular weight excluding hydrogens is 232 g/mol. The number of aliphatic hydroxyl groups is 1. The zero-order chi connectivity index (χ0) is 13.2. The van der Waals surface area contributed by atoms with Gasteiger partial charge in [0, 0.05) is 6.42 Å². The first kappa shape index (κ1) is 12.9. The number of rotatable bonds is 2. The van der Waals surface area contributed by atoms with E-state index in [1.807, 2.05) is 19.1 Å². The molecule has 0 radical (unpaired) electrons. The van der Waals surface area contributed by atoms with Gasteiger partial charge in [-0.25, -0.2) is 4.79 Å². The molecule has 2 aliphatic rings. The second-order valence-corrected chi connectivity index (χ2v) is 4.92. The number of allylic oxidation sites excluding steroid dienone is 2. The molecule has 1 aliphatic heterocycles. The van der Waals surface area contributed by atoms with Crippen molar-refractivity contribution >= 4 is 11.8 Å². The zero-order valence-corrected chi connectivity index (χ0v) is 10.6. The van der Waals surface area contributed by atoms with Gasteiger partial charge in [0.2, 0.25) is 0 Å². The molecule has 4 heteroatoms. The average molecular weight is 250 g/mol. The van der Waals surface area contributed by atoms with Gasteiger partial charge in [-0.05, 0) is 31.8 Å².